The maximum Gasteiger partial charge on any atom is 0.261 e. The summed E-state index contributed by atoms with van der Waals surface area (Å²) in [6.07, 6.45) is 1.39. The Balaban J connectivity index is 2.66. The van der Waals surface area contributed by atoms with Gasteiger partial charge < -0.3 is 0 Å². The molecule has 0 aliphatic heterocycles. The van der Waals surface area contributed by atoms with E-state index in [-0.39, 0.29) is 5.56 Å². The van der Waals surface area contributed by atoms with Crippen LogP contribution in [0.3, 0.4) is 0 Å². The van der Waals surface area contributed by atoms with Crippen molar-refractivity contribution in [3.8, 4) is 0 Å². The zero-order valence-corrected chi connectivity index (χ0v) is 9.87. The lowest BCUT2D eigenvalue weighted by molar-refractivity contribution is 0.629. The Morgan fingerprint density at radius 3 is 3.00 bits per heavy atom. The molecule has 0 aliphatic rings. The highest BCUT2D eigenvalue weighted by molar-refractivity contribution is 9.11. The first-order chi connectivity index (χ1) is 7.58. The summed E-state index contributed by atoms with van der Waals surface area (Å²) in [5.41, 5.74) is 0.159. The molecule has 0 fully saturated rings. The number of rotatable bonds is 2. The number of allylic oxidation sites excluding steroid dienone is 1. The topological polar surface area (TPSA) is 34.9 Å². The number of aromatic nitrogens is 2. The van der Waals surface area contributed by atoms with Crippen molar-refractivity contribution >= 4 is 26.8 Å². The molecule has 0 spiro atoms. The molecular formula is C11H8BrFN2O. The van der Waals surface area contributed by atoms with Crippen molar-refractivity contribution in [1.82, 2.24) is 9.55 Å². The third-order valence-electron chi connectivity index (χ3n) is 2.13. The van der Waals surface area contributed by atoms with Gasteiger partial charge in [0.05, 0.1) is 23.8 Å². The van der Waals surface area contributed by atoms with E-state index in [9.17, 15) is 9.18 Å². The van der Waals surface area contributed by atoms with Gasteiger partial charge in [0.25, 0.3) is 5.56 Å². The van der Waals surface area contributed by atoms with Gasteiger partial charge in [-0.05, 0) is 12.1 Å². The Labute approximate surface area is 99.4 Å². The van der Waals surface area contributed by atoms with E-state index in [1.807, 2.05) is 0 Å². The Hall–Kier alpha value is -1.49. The van der Waals surface area contributed by atoms with Gasteiger partial charge in [0.2, 0.25) is 0 Å². The maximum atomic E-state index is 12.9. The van der Waals surface area contributed by atoms with Crippen molar-refractivity contribution < 1.29 is 4.39 Å². The number of halogens is 2. The predicted molar refractivity (Wildman–Crippen MR) is 64.0 cm³/mol. The van der Waals surface area contributed by atoms with Crippen molar-refractivity contribution in [3.63, 3.8) is 0 Å². The molecule has 5 heteroatoms. The summed E-state index contributed by atoms with van der Waals surface area (Å²) in [5.74, 6) is -0.401. The molecule has 16 heavy (non-hydrogen) atoms. The average Bonchev–Trinajstić information content (AvgIpc) is 2.22. The van der Waals surface area contributed by atoms with Gasteiger partial charge in [-0.3, -0.25) is 9.36 Å². The molecule has 0 N–H and O–H groups in total. The SMILES string of the molecule is C=C(Br)Cn1cnc2cc(F)ccc2c1=O. The highest BCUT2D eigenvalue weighted by atomic mass is 79.9. The van der Waals surface area contributed by atoms with Crippen molar-refractivity contribution in [2.75, 3.05) is 0 Å². The molecule has 0 unspecified atom stereocenters. The molecule has 1 aromatic carbocycles. The lowest BCUT2D eigenvalue weighted by Crippen LogP contribution is -2.20. The van der Waals surface area contributed by atoms with Crippen LogP contribution in [0.15, 0.2) is 40.4 Å². The van der Waals surface area contributed by atoms with E-state index in [1.54, 1.807) is 0 Å². The van der Waals surface area contributed by atoms with Crippen molar-refractivity contribution in [1.29, 1.82) is 0 Å². The van der Waals surface area contributed by atoms with Crippen LogP contribution in [0.2, 0.25) is 0 Å². The Morgan fingerprint density at radius 2 is 2.31 bits per heavy atom. The summed E-state index contributed by atoms with van der Waals surface area (Å²) in [4.78, 5) is 15.9. The van der Waals surface area contributed by atoms with Crippen LogP contribution >= 0.6 is 15.9 Å². The van der Waals surface area contributed by atoms with E-state index in [1.165, 1.54) is 29.1 Å². The molecule has 2 aromatic rings. The molecule has 0 aliphatic carbocycles. The lowest BCUT2D eigenvalue weighted by atomic mass is 10.2. The fourth-order valence-corrected chi connectivity index (χ4v) is 1.70. The number of hydrogen-bond donors (Lipinski definition) is 0. The maximum absolute atomic E-state index is 12.9. The molecule has 1 heterocycles. The minimum absolute atomic E-state index is 0.203. The van der Waals surface area contributed by atoms with Crippen LogP contribution in [0.4, 0.5) is 4.39 Å². The molecular weight excluding hydrogens is 275 g/mol. The van der Waals surface area contributed by atoms with Gasteiger partial charge in [0, 0.05) is 10.5 Å². The molecule has 0 atom stereocenters. The Morgan fingerprint density at radius 1 is 1.56 bits per heavy atom. The predicted octanol–water partition coefficient (Wildman–Crippen LogP) is 2.44. The van der Waals surface area contributed by atoms with E-state index in [2.05, 4.69) is 27.5 Å². The summed E-state index contributed by atoms with van der Waals surface area (Å²) in [5, 5.41) is 0.401. The Bertz CT molecular complexity index is 621. The average molecular weight is 283 g/mol. The molecule has 2 rings (SSSR count). The second-order valence-corrected chi connectivity index (χ2v) is 4.48. The first-order valence-corrected chi connectivity index (χ1v) is 5.35. The monoisotopic (exact) mass is 282 g/mol. The first kappa shape index (κ1) is 11.0. The Kier molecular flexibility index (Phi) is 2.87. The quantitative estimate of drug-likeness (QED) is 0.848. The summed E-state index contributed by atoms with van der Waals surface area (Å²) in [6.45, 7) is 4.00. The van der Waals surface area contributed by atoms with Gasteiger partial charge in [-0.25, -0.2) is 9.37 Å². The van der Waals surface area contributed by atoms with Gasteiger partial charge in [-0.15, -0.1) is 0 Å². The highest BCUT2D eigenvalue weighted by Gasteiger charge is 2.05. The fraction of sp³-hybridized carbons (Fsp3) is 0.0909. The zero-order chi connectivity index (χ0) is 11.7. The van der Waals surface area contributed by atoms with Gasteiger partial charge in [0.15, 0.2) is 0 Å². The summed E-state index contributed by atoms with van der Waals surface area (Å²) < 4.78 is 15.0. The summed E-state index contributed by atoms with van der Waals surface area (Å²) >= 11 is 3.18. The third kappa shape index (κ3) is 2.04. The van der Waals surface area contributed by atoms with Crippen LogP contribution in [-0.4, -0.2) is 9.55 Å². The number of benzene rings is 1. The number of nitrogens with zero attached hydrogens (tertiary/aromatic N) is 2. The van der Waals surface area contributed by atoms with E-state index in [0.29, 0.717) is 21.9 Å². The van der Waals surface area contributed by atoms with Crippen molar-refractivity contribution in [3.05, 3.63) is 51.8 Å². The summed E-state index contributed by atoms with van der Waals surface area (Å²) in [7, 11) is 0. The third-order valence-corrected chi connectivity index (χ3v) is 2.38. The minimum Gasteiger partial charge on any atom is -0.294 e. The first-order valence-electron chi connectivity index (χ1n) is 4.56. The van der Waals surface area contributed by atoms with E-state index >= 15 is 0 Å². The van der Waals surface area contributed by atoms with Crippen LogP contribution in [0.5, 0.6) is 0 Å². The number of hydrogen-bond acceptors (Lipinski definition) is 2. The summed E-state index contributed by atoms with van der Waals surface area (Å²) in [6, 6.07) is 3.93. The highest BCUT2D eigenvalue weighted by Crippen LogP contribution is 2.09. The van der Waals surface area contributed by atoms with Crippen molar-refractivity contribution in [2.24, 2.45) is 0 Å². The second-order valence-electron chi connectivity index (χ2n) is 3.36. The van der Waals surface area contributed by atoms with Crippen LogP contribution in [0, 0.1) is 5.82 Å². The molecule has 0 radical (unpaired) electrons. The van der Waals surface area contributed by atoms with E-state index in [0.717, 1.165) is 0 Å². The van der Waals surface area contributed by atoms with Gasteiger partial charge in [-0.2, -0.15) is 0 Å². The lowest BCUT2D eigenvalue weighted by Gasteiger charge is -2.04. The van der Waals surface area contributed by atoms with Gasteiger partial charge in [0.1, 0.15) is 5.82 Å². The standard InChI is InChI=1S/C11H8BrFN2O/c1-7(12)5-15-6-14-10-4-8(13)2-3-9(10)11(15)16/h2-4,6H,1,5H2. The molecule has 0 saturated carbocycles. The number of fused-ring (bicyclic) bond motifs is 1. The molecule has 1 aromatic heterocycles. The van der Waals surface area contributed by atoms with E-state index in [4.69, 9.17) is 0 Å². The normalized spacial score (nSPS) is 10.6. The van der Waals surface area contributed by atoms with Gasteiger partial charge >= 0.3 is 0 Å². The fourth-order valence-electron chi connectivity index (χ4n) is 1.43. The van der Waals surface area contributed by atoms with Crippen LogP contribution in [-0.2, 0) is 6.54 Å². The van der Waals surface area contributed by atoms with Crippen molar-refractivity contribution in [2.45, 2.75) is 6.54 Å². The van der Waals surface area contributed by atoms with E-state index < -0.39 is 5.82 Å². The smallest absolute Gasteiger partial charge is 0.261 e. The molecule has 0 amide bonds. The molecule has 0 saturated heterocycles. The largest absolute Gasteiger partial charge is 0.294 e. The van der Waals surface area contributed by atoms with Crippen LogP contribution in [0.1, 0.15) is 0 Å². The van der Waals surface area contributed by atoms with Gasteiger partial charge in [-0.1, -0.05) is 22.5 Å². The molecule has 3 nitrogen and oxygen atoms in total. The second kappa shape index (κ2) is 4.17. The molecule has 82 valence electrons. The minimum atomic E-state index is -0.401. The molecule has 0 bridgehead atoms. The zero-order valence-electron chi connectivity index (χ0n) is 8.28. The van der Waals surface area contributed by atoms with Crippen LogP contribution in [0.25, 0.3) is 10.9 Å². The van der Waals surface area contributed by atoms with Crippen LogP contribution < -0.4 is 5.56 Å².